The smallest absolute Gasteiger partial charge is 0.324 e. The van der Waals surface area contributed by atoms with E-state index in [1.54, 1.807) is 11.8 Å². The number of benzene rings is 2. The molecule has 0 bridgehead atoms. The van der Waals surface area contributed by atoms with Crippen LogP contribution in [-0.4, -0.2) is 46.8 Å². The average Bonchev–Trinajstić information content (AvgIpc) is 3.61. The molecule has 5 rings (SSSR count). The Morgan fingerprint density at radius 3 is 2.45 bits per heavy atom. The molecule has 42 heavy (non-hydrogen) atoms. The molecule has 4 aromatic rings. The molecule has 0 spiro atoms. The van der Waals surface area contributed by atoms with Crippen molar-refractivity contribution in [1.29, 1.82) is 0 Å². The summed E-state index contributed by atoms with van der Waals surface area (Å²) in [6, 6.07) is 17.7. The highest BCUT2D eigenvalue weighted by atomic mass is 32.1. The number of hydrogen-bond donors (Lipinski definition) is 2. The number of anilines is 2. The number of thiophene rings is 1. The van der Waals surface area contributed by atoms with E-state index in [9.17, 15) is 9.59 Å². The van der Waals surface area contributed by atoms with Crippen LogP contribution in [0.3, 0.4) is 0 Å². The van der Waals surface area contributed by atoms with E-state index in [1.165, 1.54) is 11.3 Å². The molecule has 2 N–H and O–H groups in total. The minimum atomic E-state index is -0.323. The van der Waals surface area contributed by atoms with Crippen molar-refractivity contribution in [2.24, 2.45) is 5.92 Å². The number of piperidine rings is 1. The molecule has 1 fully saturated rings. The van der Waals surface area contributed by atoms with E-state index in [-0.39, 0.29) is 17.4 Å². The summed E-state index contributed by atoms with van der Waals surface area (Å²) in [5.74, 6) is 1.78. The van der Waals surface area contributed by atoms with E-state index in [2.05, 4.69) is 37.5 Å². The third kappa shape index (κ3) is 6.85. The van der Waals surface area contributed by atoms with Gasteiger partial charge in [0.15, 0.2) is 0 Å². The standard InChI is InChI=1S/C33H39N5O3S/c1-22-9-11-26(12-10-22)38-30(19-29(36-38)33(2,3)4)35-32(40)34-25-8-6-7-24(18-25)17-23-13-15-37(16-14-23)31(39)27-20-42-21-28(27)41-5/h6-12,18-21,23H,13-17H2,1-5H3,(H2,34,35,40). The summed E-state index contributed by atoms with van der Waals surface area (Å²) in [6.45, 7) is 9.82. The summed E-state index contributed by atoms with van der Waals surface area (Å²) in [6.07, 6.45) is 2.78. The number of hydrogen-bond acceptors (Lipinski definition) is 5. The Morgan fingerprint density at radius 1 is 1.02 bits per heavy atom. The largest absolute Gasteiger partial charge is 0.495 e. The maximum atomic E-state index is 13.1. The van der Waals surface area contributed by atoms with Crippen molar-refractivity contribution in [3.05, 3.63) is 87.7 Å². The number of aromatic nitrogens is 2. The predicted octanol–water partition coefficient (Wildman–Crippen LogP) is 7.29. The number of nitrogens with zero attached hydrogens (tertiary/aromatic N) is 3. The second kappa shape index (κ2) is 12.4. The molecule has 1 aliphatic heterocycles. The Bertz CT molecular complexity index is 1540. The van der Waals surface area contributed by atoms with Crippen LogP contribution in [0.5, 0.6) is 5.75 Å². The molecular weight excluding hydrogens is 546 g/mol. The van der Waals surface area contributed by atoms with Crippen molar-refractivity contribution >= 4 is 34.8 Å². The van der Waals surface area contributed by atoms with E-state index in [1.807, 2.05) is 71.1 Å². The Balaban J connectivity index is 1.20. The summed E-state index contributed by atoms with van der Waals surface area (Å²) in [7, 11) is 1.60. The van der Waals surface area contributed by atoms with Gasteiger partial charge in [-0.2, -0.15) is 5.10 Å². The lowest BCUT2D eigenvalue weighted by atomic mass is 9.90. The molecule has 0 aliphatic carbocycles. The van der Waals surface area contributed by atoms with Gasteiger partial charge < -0.3 is 15.0 Å². The maximum Gasteiger partial charge on any atom is 0.324 e. The quantitative estimate of drug-likeness (QED) is 0.238. The van der Waals surface area contributed by atoms with E-state index in [0.29, 0.717) is 23.0 Å². The zero-order valence-electron chi connectivity index (χ0n) is 24.9. The zero-order valence-corrected chi connectivity index (χ0v) is 25.8. The van der Waals surface area contributed by atoms with Gasteiger partial charge in [0.25, 0.3) is 5.91 Å². The molecule has 3 heterocycles. The van der Waals surface area contributed by atoms with Gasteiger partial charge in [0.05, 0.1) is 24.1 Å². The first-order chi connectivity index (χ1) is 20.1. The normalized spacial score (nSPS) is 14.1. The summed E-state index contributed by atoms with van der Waals surface area (Å²) in [5, 5.41) is 14.5. The fourth-order valence-corrected chi connectivity index (χ4v) is 5.99. The van der Waals surface area contributed by atoms with Crippen LogP contribution in [0.15, 0.2) is 65.4 Å². The average molecular weight is 586 g/mol. The lowest BCUT2D eigenvalue weighted by molar-refractivity contribution is 0.0688. The number of ether oxygens (including phenoxy) is 1. The monoisotopic (exact) mass is 585 g/mol. The van der Waals surface area contributed by atoms with Crippen molar-refractivity contribution in [3.63, 3.8) is 0 Å². The van der Waals surface area contributed by atoms with Gasteiger partial charge in [-0.15, -0.1) is 11.3 Å². The minimum Gasteiger partial charge on any atom is -0.495 e. The first kappa shape index (κ1) is 29.4. The van der Waals surface area contributed by atoms with Gasteiger partial charge >= 0.3 is 6.03 Å². The van der Waals surface area contributed by atoms with Crippen molar-refractivity contribution in [2.45, 2.75) is 52.4 Å². The first-order valence-electron chi connectivity index (χ1n) is 14.3. The summed E-state index contributed by atoms with van der Waals surface area (Å²) in [5.41, 5.74) is 5.31. The third-order valence-corrected chi connectivity index (χ3v) is 8.41. The van der Waals surface area contributed by atoms with Gasteiger partial charge in [0.1, 0.15) is 11.6 Å². The Kier molecular flexibility index (Phi) is 8.68. The van der Waals surface area contributed by atoms with Crippen molar-refractivity contribution in [3.8, 4) is 11.4 Å². The van der Waals surface area contributed by atoms with Crippen molar-refractivity contribution in [1.82, 2.24) is 14.7 Å². The molecule has 1 aliphatic rings. The first-order valence-corrected chi connectivity index (χ1v) is 15.3. The van der Waals surface area contributed by atoms with Gasteiger partial charge in [-0.3, -0.25) is 10.1 Å². The fourth-order valence-electron chi connectivity index (χ4n) is 5.22. The van der Waals surface area contributed by atoms with Crippen molar-refractivity contribution < 1.29 is 14.3 Å². The summed E-state index contributed by atoms with van der Waals surface area (Å²) in [4.78, 5) is 28.0. The lowest BCUT2D eigenvalue weighted by Crippen LogP contribution is -2.38. The zero-order chi connectivity index (χ0) is 29.9. The van der Waals surface area contributed by atoms with Crippen molar-refractivity contribution in [2.75, 3.05) is 30.8 Å². The van der Waals surface area contributed by atoms with Crippen LogP contribution >= 0.6 is 11.3 Å². The summed E-state index contributed by atoms with van der Waals surface area (Å²) >= 11 is 1.48. The van der Waals surface area contributed by atoms with Gasteiger partial charge in [-0.25, -0.2) is 9.48 Å². The second-order valence-corrected chi connectivity index (χ2v) is 12.7. The van der Waals surface area contributed by atoms with Crippen LogP contribution in [0.25, 0.3) is 5.69 Å². The fraction of sp³-hybridized carbons (Fsp3) is 0.364. The number of urea groups is 1. The Labute approximate surface area is 251 Å². The molecule has 220 valence electrons. The van der Waals surface area contributed by atoms with E-state index in [0.717, 1.165) is 60.5 Å². The Hall–Kier alpha value is -4.11. The highest BCUT2D eigenvalue weighted by Crippen LogP contribution is 2.29. The minimum absolute atomic E-state index is 0.0436. The van der Waals surface area contributed by atoms with Gasteiger partial charge in [0, 0.05) is 41.0 Å². The van der Waals surface area contributed by atoms with Crippen LogP contribution in [0.2, 0.25) is 0 Å². The lowest BCUT2D eigenvalue weighted by Gasteiger charge is -2.32. The molecule has 1 saturated heterocycles. The molecule has 2 aromatic carbocycles. The molecule has 9 heteroatoms. The molecule has 0 radical (unpaired) electrons. The number of carbonyl (C=O) groups is 2. The number of nitrogens with one attached hydrogen (secondary N) is 2. The van der Waals surface area contributed by atoms with Crippen LogP contribution in [0.4, 0.5) is 16.3 Å². The van der Waals surface area contributed by atoms with E-state index < -0.39 is 0 Å². The topological polar surface area (TPSA) is 88.5 Å². The second-order valence-electron chi connectivity index (χ2n) is 12.0. The predicted molar refractivity (Wildman–Crippen MR) is 169 cm³/mol. The molecule has 0 unspecified atom stereocenters. The number of amides is 3. The molecule has 3 amide bonds. The van der Waals surface area contributed by atoms with Crippen LogP contribution in [-0.2, 0) is 11.8 Å². The molecular formula is C33H39N5O3S. The third-order valence-electron chi connectivity index (χ3n) is 7.69. The number of carbonyl (C=O) groups excluding carboxylic acids is 2. The van der Waals surface area contributed by atoms with Crippen LogP contribution < -0.4 is 15.4 Å². The number of methoxy groups -OCH3 is 1. The Morgan fingerprint density at radius 2 is 1.76 bits per heavy atom. The molecule has 2 aromatic heterocycles. The summed E-state index contributed by atoms with van der Waals surface area (Å²) < 4.78 is 7.12. The number of rotatable bonds is 7. The molecule has 0 atom stereocenters. The number of aryl methyl sites for hydroxylation is 1. The molecule has 0 saturated carbocycles. The van der Waals surface area contributed by atoms with Crippen LogP contribution in [0.1, 0.15) is 60.8 Å². The van der Waals surface area contributed by atoms with E-state index in [4.69, 9.17) is 9.84 Å². The van der Waals surface area contributed by atoms with Crippen LogP contribution in [0, 0.1) is 12.8 Å². The SMILES string of the molecule is COc1cscc1C(=O)N1CCC(Cc2cccc(NC(=O)Nc3cc(C(C)(C)C)nn3-c3ccc(C)cc3)c2)CC1. The highest BCUT2D eigenvalue weighted by Gasteiger charge is 2.26. The highest BCUT2D eigenvalue weighted by molar-refractivity contribution is 7.08. The number of likely N-dealkylation sites (tertiary alicyclic amines) is 1. The maximum absolute atomic E-state index is 13.1. The van der Waals surface area contributed by atoms with Gasteiger partial charge in [0.2, 0.25) is 0 Å². The van der Waals surface area contributed by atoms with E-state index >= 15 is 0 Å². The molecule has 8 nitrogen and oxygen atoms in total. The van der Waals surface area contributed by atoms with Gasteiger partial charge in [-0.05, 0) is 61.9 Å². The van der Waals surface area contributed by atoms with Gasteiger partial charge in [-0.1, -0.05) is 50.6 Å².